The molecule has 4 rings (SSSR count). The van der Waals surface area contributed by atoms with E-state index in [1.54, 1.807) is 36.4 Å². The highest BCUT2D eigenvalue weighted by atomic mass is 19.1. The van der Waals surface area contributed by atoms with Gasteiger partial charge < -0.3 is 4.52 Å². The van der Waals surface area contributed by atoms with Gasteiger partial charge in [-0.15, -0.1) is 0 Å². The first-order valence-corrected chi connectivity index (χ1v) is 7.99. The molecule has 130 valence electrons. The topological polar surface area (TPSA) is 88.7 Å². The molecule has 0 saturated heterocycles. The highest BCUT2D eigenvalue weighted by molar-refractivity contribution is 6.21. The van der Waals surface area contributed by atoms with Gasteiger partial charge in [0, 0.05) is 18.5 Å². The van der Waals surface area contributed by atoms with Crippen molar-refractivity contribution < 1.29 is 18.5 Å². The average molecular weight is 352 g/mol. The Bertz CT molecular complexity index is 959. The number of allylic oxidation sites excluding steroid dienone is 3. The number of amides is 3. The van der Waals surface area contributed by atoms with Crippen LogP contribution in [0.1, 0.15) is 5.89 Å². The number of imide groups is 1. The zero-order valence-electron chi connectivity index (χ0n) is 13.5. The van der Waals surface area contributed by atoms with Crippen LogP contribution in [0.5, 0.6) is 0 Å². The van der Waals surface area contributed by atoms with Gasteiger partial charge in [-0.1, -0.05) is 23.4 Å². The summed E-state index contributed by atoms with van der Waals surface area (Å²) in [6.45, 7) is 0.0908. The lowest BCUT2D eigenvalue weighted by Crippen LogP contribution is -2.46. The van der Waals surface area contributed by atoms with Gasteiger partial charge in [-0.2, -0.15) is 9.98 Å². The largest absolute Gasteiger partial charge is 0.350 e. The first-order chi connectivity index (χ1) is 12.6. The van der Waals surface area contributed by atoms with E-state index in [2.05, 4.69) is 15.1 Å². The molecular weight excluding hydrogens is 339 g/mol. The van der Waals surface area contributed by atoms with Crippen LogP contribution < -0.4 is 0 Å². The van der Waals surface area contributed by atoms with E-state index in [0.29, 0.717) is 17.1 Å². The molecule has 1 aromatic carbocycles. The summed E-state index contributed by atoms with van der Waals surface area (Å²) in [5.74, 6) is -0.615. The molecule has 1 unspecified atom stereocenters. The number of benzene rings is 1. The first-order valence-electron chi connectivity index (χ1n) is 7.99. The van der Waals surface area contributed by atoms with Crippen molar-refractivity contribution in [1.29, 1.82) is 0 Å². The van der Waals surface area contributed by atoms with E-state index in [0.717, 1.165) is 4.90 Å². The summed E-state index contributed by atoms with van der Waals surface area (Å²) in [5, 5.41) is 3.84. The van der Waals surface area contributed by atoms with E-state index >= 15 is 0 Å². The van der Waals surface area contributed by atoms with Crippen LogP contribution in [0, 0.1) is 11.7 Å². The lowest BCUT2D eigenvalue weighted by Gasteiger charge is -2.27. The Morgan fingerprint density at radius 1 is 1.15 bits per heavy atom. The van der Waals surface area contributed by atoms with Crippen LogP contribution in [0.4, 0.5) is 9.18 Å². The Kier molecular flexibility index (Phi) is 4.00. The van der Waals surface area contributed by atoms with Crippen molar-refractivity contribution in [2.75, 3.05) is 6.54 Å². The van der Waals surface area contributed by atoms with E-state index < -0.39 is 11.9 Å². The minimum absolute atomic E-state index is 0.0908. The van der Waals surface area contributed by atoms with Crippen molar-refractivity contribution in [3.8, 4) is 11.4 Å². The number of halogens is 1. The Balaban J connectivity index is 1.46. The van der Waals surface area contributed by atoms with Gasteiger partial charge in [0.1, 0.15) is 5.82 Å². The number of carbonyl (C=O) groups excluding carboxylic acids is 2. The van der Waals surface area contributed by atoms with E-state index in [-0.39, 0.29) is 30.6 Å². The first kappa shape index (κ1) is 16.1. The molecule has 1 aliphatic carbocycles. The predicted molar refractivity (Wildman–Crippen MR) is 89.7 cm³/mol. The van der Waals surface area contributed by atoms with E-state index in [4.69, 9.17) is 4.52 Å². The maximum atomic E-state index is 13.0. The Morgan fingerprint density at radius 3 is 2.77 bits per heavy atom. The molecule has 2 aromatic rings. The molecule has 26 heavy (non-hydrogen) atoms. The van der Waals surface area contributed by atoms with Crippen molar-refractivity contribution in [2.24, 2.45) is 10.9 Å². The molecule has 1 aromatic heterocycles. The molecule has 2 aliphatic rings. The molecule has 0 radical (unpaired) electrons. The van der Waals surface area contributed by atoms with Gasteiger partial charge in [-0.05, 0) is 30.3 Å². The maximum absolute atomic E-state index is 13.0. The van der Waals surface area contributed by atoms with Gasteiger partial charge in [0.15, 0.2) is 0 Å². The van der Waals surface area contributed by atoms with Crippen LogP contribution in [-0.4, -0.2) is 39.2 Å². The molecule has 1 aliphatic heterocycles. The zero-order chi connectivity index (χ0) is 18.1. The summed E-state index contributed by atoms with van der Waals surface area (Å²) < 4.78 is 18.1. The van der Waals surface area contributed by atoms with Crippen LogP contribution in [0.2, 0.25) is 0 Å². The van der Waals surface area contributed by atoms with Crippen LogP contribution in [0.25, 0.3) is 11.4 Å². The summed E-state index contributed by atoms with van der Waals surface area (Å²) in [4.78, 5) is 33.8. The monoisotopic (exact) mass is 352 g/mol. The summed E-state index contributed by atoms with van der Waals surface area (Å²) >= 11 is 0. The van der Waals surface area contributed by atoms with Crippen molar-refractivity contribution in [3.63, 3.8) is 0 Å². The molecule has 0 spiro atoms. The molecule has 0 fully saturated rings. The lowest BCUT2D eigenvalue weighted by molar-refractivity contribution is -0.129. The third kappa shape index (κ3) is 2.97. The quantitative estimate of drug-likeness (QED) is 0.844. The van der Waals surface area contributed by atoms with E-state index in [1.165, 1.54) is 12.1 Å². The predicted octanol–water partition coefficient (Wildman–Crippen LogP) is 2.56. The lowest BCUT2D eigenvalue weighted by atomic mass is 9.95. The molecule has 7 nitrogen and oxygen atoms in total. The molecule has 8 heteroatoms. The van der Waals surface area contributed by atoms with Crippen molar-refractivity contribution in [1.82, 2.24) is 15.0 Å². The minimum Gasteiger partial charge on any atom is -0.339 e. The van der Waals surface area contributed by atoms with Gasteiger partial charge in [-0.3, -0.25) is 9.69 Å². The maximum Gasteiger partial charge on any atom is 0.350 e. The Morgan fingerprint density at radius 2 is 1.96 bits per heavy atom. The van der Waals surface area contributed by atoms with Gasteiger partial charge in [0.25, 0.3) is 0 Å². The third-order valence-corrected chi connectivity index (χ3v) is 4.11. The Labute approximate surface area is 147 Å². The fourth-order valence-electron chi connectivity index (χ4n) is 2.77. The molecule has 0 bridgehead atoms. The molecule has 1 atom stereocenters. The SMILES string of the molecule is O=C1N=C2C=CC=CC2C(=O)N1CCc1nc(-c2ccc(F)cc2)no1. The number of fused-ring (bicyclic) bond motifs is 1. The average Bonchev–Trinajstić information content (AvgIpc) is 3.11. The number of nitrogens with zero attached hydrogens (tertiary/aromatic N) is 4. The van der Waals surface area contributed by atoms with E-state index in [1.807, 2.05) is 0 Å². The summed E-state index contributed by atoms with van der Waals surface area (Å²) in [6, 6.07) is 5.09. The van der Waals surface area contributed by atoms with Gasteiger partial charge in [0.05, 0.1) is 11.6 Å². The number of urea groups is 1. The smallest absolute Gasteiger partial charge is 0.339 e. The van der Waals surface area contributed by atoms with Crippen molar-refractivity contribution in [2.45, 2.75) is 6.42 Å². The molecule has 2 heterocycles. The fourth-order valence-corrected chi connectivity index (χ4v) is 2.77. The van der Waals surface area contributed by atoms with Crippen LogP contribution in [0.15, 0.2) is 58.1 Å². The highest BCUT2D eigenvalue weighted by Crippen LogP contribution is 2.20. The summed E-state index contributed by atoms with van der Waals surface area (Å²) in [5.41, 5.74) is 1.06. The zero-order valence-corrected chi connectivity index (χ0v) is 13.5. The number of aliphatic imine (C=N–C) groups is 1. The van der Waals surface area contributed by atoms with Crippen molar-refractivity contribution in [3.05, 3.63) is 60.3 Å². The number of hydrogen-bond acceptors (Lipinski definition) is 5. The number of aromatic nitrogens is 2. The van der Waals surface area contributed by atoms with E-state index in [9.17, 15) is 14.0 Å². The standard InChI is InChI=1S/C18H13FN4O3/c19-12-7-5-11(6-8-12)16-21-15(26-22-16)9-10-23-17(24)13-3-1-2-4-14(13)20-18(23)25/h1-8,13H,9-10H2. The van der Waals surface area contributed by atoms with Crippen molar-refractivity contribution >= 4 is 17.6 Å². The summed E-state index contributed by atoms with van der Waals surface area (Å²) in [6.07, 6.45) is 7.07. The van der Waals surface area contributed by atoms with Crippen LogP contribution >= 0.6 is 0 Å². The second-order valence-corrected chi connectivity index (χ2v) is 5.80. The van der Waals surface area contributed by atoms with Gasteiger partial charge in [0.2, 0.25) is 17.6 Å². The minimum atomic E-state index is -0.598. The normalized spacial score (nSPS) is 18.9. The second-order valence-electron chi connectivity index (χ2n) is 5.80. The van der Waals surface area contributed by atoms with Gasteiger partial charge in [-0.25, -0.2) is 9.18 Å². The Hall–Kier alpha value is -3.42. The van der Waals surface area contributed by atoms with Crippen LogP contribution in [0.3, 0.4) is 0 Å². The second kappa shape index (κ2) is 6.47. The molecule has 0 saturated carbocycles. The highest BCUT2D eigenvalue weighted by Gasteiger charge is 2.35. The fraction of sp³-hybridized carbons (Fsp3) is 0.167. The molecule has 0 N–H and O–H groups in total. The number of carbonyl (C=O) groups is 2. The molecular formula is C18H13FN4O3. The molecule has 3 amide bonds. The number of hydrogen-bond donors (Lipinski definition) is 0. The number of rotatable bonds is 4. The van der Waals surface area contributed by atoms with Gasteiger partial charge >= 0.3 is 6.03 Å². The third-order valence-electron chi connectivity index (χ3n) is 4.11. The summed E-state index contributed by atoms with van der Waals surface area (Å²) in [7, 11) is 0. The van der Waals surface area contributed by atoms with Crippen LogP contribution in [-0.2, 0) is 11.2 Å².